The van der Waals surface area contributed by atoms with Crippen LogP contribution in [-0.2, 0) is 0 Å². The highest BCUT2D eigenvalue weighted by Gasteiger charge is 2.40. The fraction of sp³-hybridized carbons (Fsp3) is 1.00. The Hall–Kier alpha value is 0. The average molecular weight is 180 g/mol. The zero-order chi connectivity index (χ0) is 9.42. The van der Waals surface area contributed by atoms with E-state index >= 15 is 0 Å². The molecule has 0 heterocycles. The Labute approximate surface area is 83.1 Å². The topological polar surface area (TPSA) is 0 Å². The summed E-state index contributed by atoms with van der Waals surface area (Å²) in [5, 5.41) is 0. The minimum atomic E-state index is 0.929. The first-order valence-electron chi connectivity index (χ1n) is 6.20. The lowest BCUT2D eigenvalue weighted by atomic mass is 9.65. The van der Waals surface area contributed by atoms with Crippen LogP contribution in [0.25, 0.3) is 0 Å². The van der Waals surface area contributed by atoms with E-state index in [1.807, 2.05) is 0 Å². The molecule has 0 aromatic carbocycles. The maximum atomic E-state index is 2.49. The molecule has 0 heteroatoms. The number of fused-ring (bicyclic) bond motifs is 1. The van der Waals surface area contributed by atoms with Gasteiger partial charge in [0.25, 0.3) is 0 Å². The van der Waals surface area contributed by atoms with Crippen molar-refractivity contribution in [1.29, 1.82) is 0 Å². The van der Waals surface area contributed by atoms with Gasteiger partial charge in [-0.25, -0.2) is 0 Å². The van der Waals surface area contributed by atoms with Crippen molar-refractivity contribution in [2.24, 2.45) is 29.6 Å². The van der Waals surface area contributed by atoms with Crippen LogP contribution in [0.5, 0.6) is 0 Å². The molecule has 2 rings (SSSR count). The molecule has 4 unspecified atom stereocenters. The lowest BCUT2D eigenvalue weighted by Gasteiger charge is -2.40. The van der Waals surface area contributed by atoms with Gasteiger partial charge in [-0.1, -0.05) is 33.6 Å². The molecule has 0 bridgehead atoms. The van der Waals surface area contributed by atoms with Gasteiger partial charge in [-0.3, -0.25) is 0 Å². The van der Waals surface area contributed by atoms with Crippen LogP contribution < -0.4 is 0 Å². The predicted octanol–water partition coefficient (Wildman–Crippen LogP) is 4.10. The molecule has 2 saturated carbocycles. The van der Waals surface area contributed by atoms with Crippen LogP contribution in [0.15, 0.2) is 0 Å². The molecule has 0 aromatic heterocycles. The molecule has 0 N–H and O–H groups in total. The molecule has 0 aromatic rings. The molecule has 0 radical (unpaired) electrons. The molecule has 0 amide bonds. The van der Waals surface area contributed by atoms with E-state index in [2.05, 4.69) is 20.8 Å². The molecule has 0 aliphatic heterocycles. The summed E-state index contributed by atoms with van der Waals surface area (Å²) in [6, 6.07) is 0. The van der Waals surface area contributed by atoms with E-state index in [0.29, 0.717) is 0 Å². The molecule has 2 aliphatic carbocycles. The fourth-order valence-corrected chi connectivity index (χ4v) is 3.97. The second-order valence-electron chi connectivity index (χ2n) is 5.72. The monoisotopic (exact) mass is 180 g/mol. The lowest BCUT2D eigenvalue weighted by molar-refractivity contribution is 0.0937. The van der Waals surface area contributed by atoms with Gasteiger partial charge >= 0.3 is 0 Å². The van der Waals surface area contributed by atoms with Gasteiger partial charge in [0.05, 0.1) is 0 Å². The van der Waals surface area contributed by atoms with Crippen molar-refractivity contribution in [2.45, 2.75) is 52.9 Å². The largest absolute Gasteiger partial charge is 0.0625 e. The Bertz CT molecular complexity index is 171. The third-order valence-electron chi connectivity index (χ3n) is 4.72. The van der Waals surface area contributed by atoms with Crippen molar-refractivity contribution in [1.82, 2.24) is 0 Å². The SMILES string of the molecule is CC(C)C1CCC(C)C2CCCC12. The summed E-state index contributed by atoms with van der Waals surface area (Å²) in [5.41, 5.74) is 0. The zero-order valence-electron chi connectivity index (χ0n) is 9.42. The van der Waals surface area contributed by atoms with E-state index < -0.39 is 0 Å². The molecule has 2 fully saturated rings. The summed E-state index contributed by atoms with van der Waals surface area (Å²) < 4.78 is 0. The van der Waals surface area contributed by atoms with Gasteiger partial charge in [-0.05, 0) is 48.9 Å². The van der Waals surface area contributed by atoms with E-state index in [1.165, 1.54) is 32.1 Å². The maximum Gasteiger partial charge on any atom is -0.0352 e. The van der Waals surface area contributed by atoms with Crippen LogP contribution in [0, 0.1) is 29.6 Å². The number of hydrogen-bond acceptors (Lipinski definition) is 0. The Morgan fingerprint density at radius 2 is 1.62 bits per heavy atom. The Morgan fingerprint density at radius 3 is 2.31 bits per heavy atom. The van der Waals surface area contributed by atoms with Gasteiger partial charge in [-0.15, -0.1) is 0 Å². The summed E-state index contributed by atoms with van der Waals surface area (Å²) in [4.78, 5) is 0. The maximum absolute atomic E-state index is 2.49. The van der Waals surface area contributed by atoms with Crippen LogP contribution in [-0.4, -0.2) is 0 Å². The Kier molecular flexibility index (Phi) is 2.67. The molecule has 2 aliphatic rings. The highest BCUT2D eigenvalue weighted by atomic mass is 14.5. The van der Waals surface area contributed by atoms with Crippen LogP contribution in [0.2, 0.25) is 0 Å². The first-order valence-corrected chi connectivity index (χ1v) is 6.20. The molecular formula is C13H24. The van der Waals surface area contributed by atoms with Crippen molar-refractivity contribution in [3.8, 4) is 0 Å². The van der Waals surface area contributed by atoms with Crippen molar-refractivity contribution >= 4 is 0 Å². The third-order valence-corrected chi connectivity index (χ3v) is 4.72. The second-order valence-corrected chi connectivity index (χ2v) is 5.72. The normalized spacial score (nSPS) is 45.2. The van der Waals surface area contributed by atoms with Crippen LogP contribution in [0.4, 0.5) is 0 Å². The van der Waals surface area contributed by atoms with Crippen LogP contribution in [0.3, 0.4) is 0 Å². The molecule has 76 valence electrons. The standard InChI is InChI=1S/C13H24/c1-9(2)11-8-7-10(3)12-5-4-6-13(11)12/h9-13H,4-8H2,1-3H3. The zero-order valence-corrected chi connectivity index (χ0v) is 9.42. The molecular weight excluding hydrogens is 156 g/mol. The minimum absolute atomic E-state index is 0.929. The van der Waals surface area contributed by atoms with E-state index in [9.17, 15) is 0 Å². The van der Waals surface area contributed by atoms with Crippen molar-refractivity contribution in [3.05, 3.63) is 0 Å². The van der Waals surface area contributed by atoms with E-state index in [1.54, 1.807) is 0 Å². The lowest BCUT2D eigenvalue weighted by Crippen LogP contribution is -2.32. The van der Waals surface area contributed by atoms with Gasteiger partial charge in [0.1, 0.15) is 0 Å². The Balaban J connectivity index is 2.08. The van der Waals surface area contributed by atoms with Crippen molar-refractivity contribution in [2.75, 3.05) is 0 Å². The molecule has 4 atom stereocenters. The van der Waals surface area contributed by atoms with E-state index in [-0.39, 0.29) is 0 Å². The summed E-state index contributed by atoms with van der Waals surface area (Å²) >= 11 is 0. The molecule has 0 spiro atoms. The Morgan fingerprint density at radius 1 is 0.923 bits per heavy atom. The van der Waals surface area contributed by atoms with Crippen LogP contribution in [0.1, 0.15) is 52.9 Å². The fourth-order valence-electron chi connectivity index (χ4n) is 3.97. The summed E-state index contributed by atoms with van der Waals surface area (Å²) in [7, 11) is 0. The van der Waals surface area contributed by atoms with Gasteiger partial charge in [0.2, 0.25) is 0 Å². The minimum Gasteiger partial charge on any atom is -0.0625 e. The van der Waals surface area contributed by atoms with E-state index in [4.69, 9.17) is 0 Å². The highest BCUT2D eigenvalue weighted by Crippen LogP contribution is 2.50. The number of hydrogen-bond donors (Lipinski definition) is 0. The van der Waals surface area contributed by atoms with Crippen molar-refractivity contribution < 1.29 is 0 Å². The quantitative estimate of drug-likeness (QED) is 0.570. The van der Waals surface area contributed by atoms with Gasteiger partial charge in [0, 0.05) is 0 Å². The van der Waals surface area contributed by atoms with Gasteiger partial charge in [0.15, 0.2) is 0 Å². The molecule has 0 nitrogen and oxygen atoms in total. The van der Waals surface area contributed by atoms with Gasteiger partial charge < -0.3 is 0 Å². The average Bonchev–Trinajstić information content (AvgIpc) is 2.53. The number of rotatable bonds is 1. The predicted molar refractivity (Wildman–Crippen MR) is 57.6 cm³/mol. The summed E-state index contributed by atoms with van der Waals surface area (Å²) in [6.45, 7) is 7.34. The van der Waals surface area contributed by atoms with Crippen LogP contribution >= 0.6 is 0 Å². The third kappa shape index (κ3) is 1.65. The summed E-state index contributed by atoms with van der Waals surface area (Å²) in [5.74, 6) is 5.22. The highest BCUT2D eigenvalue weighted by molar-refractivity contribution is 4.90. The summed E-state index contributed by atoms with van der Waals surface area (Å²) in [6.07, 6.45) is 7.61. The molecule has 13 heavy (non-hydrogen) atoms. The second kappa shape index (κ2) is 3.63. The molecule has 0 saturated heterocycles. The first kappa shape index (κ1) is 9.55. The van der Waals surface area contributed by atoms with Crippen molar-refractivity contribution in [3.63, 3.8) is 0 Å². The first-order chi connectivity index (χ1) is 6.20. The van der Waals surface area contributed by atoms with E-state index in [0.717, 1.165) is 29.6 Å². The smallest absolute Gasteiger partial charge is 0.0352 e. The van der Waals surface area contributed by atoms with Gasteiger partial charge in [-0.2, -0.15) is 0 Å².